The molecule has 1 saturated carbocycles. The molecule has 1 aromatic carbocycles. The maximum Gasteiger partial charge on any atom is 0.123 e. The Morgan fingerprint density at radius 1 is 1.12 bits per heavy atom. The second-order valence-corrected chi connectivity index (χ2v) is 5.27. The molecule has 1 aliphatic rings. The maximum atomic E-state index is 12.8. The van der Waals surface area contributed by atoms with E-state index in [1.807, 2.05) is 12.1 Å². The van der Waals surface area contributed by atoms with Gasteiger partial charge < -0.3 is 5.32 Å². The van der Waals surface area contributed by atoms with E-state index in [1.54, 1.807) is 0 Å². The van der Waals surface area contributed by atoms with Gasteiger partial charge in [0.15, 0.2) is 0 Å². The molecule has 1 N–H and O–H groups in total. The summed E-state index contributed by atoms with van der Waals surface area (Å²) in [5.74, 6) is 0.655. The van der Waals surface area contributed by atoms with E-state index in [9.17, 15) is 4.39 Å². The van der Waals surface area contributed by atoms with Crippen LogP contribution in [-0.2, 0) is 0 Å². The van der Waals surface area contributed by atoms with Crippen LogP contribution in [0.25, 0.3) is 0 Å². The third-order valence-corrected chi connectivity index (χ3v) is 3.99. The third kappa shape index (κ3) is 3.29. The van der Waals surface area contributed by atoms with Crippen LogP contribution in [0.1, 0.15) is 51.1 Å². The zero-order valence-electron chi connectivity index (χ0n) is 10.7. The van der Waals surface area contributed by atoms with E-state index in [0.717, 1.165) is 11.5 Å². The Balaban J connectivity index is 1.91. The first-order valence-corrected chi connectivity index (χ1v) is 6.68. The largest absolute Gasteiger partial charge is 0.307 e. The predicted molar refractivity (Wildman–Crippen MR) is 69.4 cm³/mol. The van der Waals surface area contributed by atoms with Gasteiger partial charge in [-0.3, -0.25) is 0 Å². The Labute approximate surface area is 103 Å². The third-order valence-electron chi connectivity index (χ3n) is 3.99. The summed E-state index contributed by atoms with van der Waals surface area (Å²) in [5, 5.41) is 3.64. The second-order valence-electron chi connectivity index (χ2n) is 5.27. The molecule has 0 heterocycles. The molecular weight excluding hydrogens is 213 g/mol. The minimum Gasteiger partial charge on any atom is -0.307 e. The molecule has 0 aliphatic heterocycles. The van der Waals surface area contributed by atoms with Gasteiger partial charge in [0.2, 0.25) is 0 Å². The van der Waals surface area contributed by atoms with Gasteiger partial charge >= 0.3 is 0 Å². The van der Waals surface area contributed by atoms with Crippen molar-refractivity contribution in [1.82, 2.24) is 5.32 Å². The van der Waals surface area contributed by atoms with Crippen molar-refractivity contribution >= 4 is 0 Å². The molecule has 94 valence electrons. The van der Waals surface area contributed by atoms with Crippen LogP contribution < -0.4 is 5.32 Å². The lowest BCUT2D eigenvalue weighted by atomic mass is 9.98. The van der Waals surface area contributed by atoms with E-state index < -0.39 is 0 Å². The fraction of sp³-hybridized carbons (Fsp3) is 0.600. The van der Waals surface area contributed by atoms with Crippen LogP contribution in [0.5, 0.6) is 0 Å². The van der Waals surface area contributed by atoms with Crippen molar-refractivity contribution in [2.24, 2.45) is 5.92 Å². The highest BCUT2D eigenvalue weighted by Gasteiger charge is 2.22. The number of rotatable bonds is 4. The number of halogens is 1. The van der Waals surface area contributed by atoms with Crippen LogP contribution in [0.4, 0.5) is 4.39 Å². The first kappa shape index (κ1) is 12.6. The number of nitrogens with one attached hydrogen (secondary N) is 1. The van der Waals surface area contributed by atoms with Crippen molar-refractivity contribution in [3.63, 3.8) is 0 Å². The van der Waals surface area contributed by atoms with Crippen molar-refractivity contribution in [3.05, 3.63) is 35.6 Å². The Bertz CT molecular complexity index is 340. The van der Waals surface area contributed by atoms with Crippen molar-refractivity contribution in [2.75, 3.05) is 0 Å². The smallest absolute Gasteiger partial charge is 0.123 e. The first-order valence-electron chi connectivity index (χ1n) is 6.68. The molecule has 0 bridgehead atoms. The summed E-state index contributed by atoms with van der Waals surface area (Å²) in [5.41, 5.74) is 1.16. The van der Waals surface area contributed by atoms with Crippen molar-refractivity contribution < 1.29 is 4.39 Å². The van der Waals surface area contributed by atoms with Gasteiger partial charge in [-0.25, -0.2) is 4.39 Å². The summed E-state index contributed by atoms with van der Waals surface area (Å²) in [7, 11) is 0. The van der Waals surface area contributed by atoms with Crippen LogP contribution in [0, 0.1) is 11.7 Å². The van der Waals surface area contributed by atoms with E-state index in [4.69, 9.17) is 0 Å². The summed E-state index contributed by atoms with van der Waals surface area (Å²) in [6.45, 7) is 4.43. The molecule has 2 atom stereocenters. The molecule has 0 radical (unpaired) electrons. The number of hydrogen-bond donors (Lipinski definition) is 1. The van der Waals surface area contributed by atoms with E-state index in [2.05, 4.69) is 19.2 Å². The molecule has 1 aromatic rings. The van der Waals surface area contributed by atoms with Gasteiger partial charge in [-0.05, 0) is 50.3 Å². The monoisotopic (exact) mass is 235 g/mol. The van der Waals surface area contributed by atoms with E-state index >= 15 is 0 Å². The van der Waals surface area contributed by atoms with E-state index in [-0.39, 0.29) is 5.82 Å². The van der Waals surface area contributed by atoms with Crippen LogP contribution in [-0.4, -0.2) is 6.04 Å². The maximum absolute atomic E-state index is 12.8. The SMILES string of the molecule is CC(N[C@@H](C)c1ccc(F)cc1)C1CCCC1. The normalized spacial score (nSPS) is 20.4. The lowest BCUT2D eigenvalue weighted by molar-refractivity contribution is 0.352. The molecule has 17 heavy (non-hydrogen) atoms. The van der Waals surface area contributed by atoms with E-state index in [0.29, 0.717) is 12.1 Å². The summed E-state index contributed by atoms with van der Waals surface area (Å²) in [6.07, 6.45) is 5.46. The van der Waals surface area contributed by atoms with Crippen molar-refractivity contribution in [1.29, 1.82) is 0 Å². The standard InChI is InChI=1S/C15H22FN/c1-11(13-5-3-4-6-13)17-12(2)14-7-9-15(16)10-8-14/h7-13,17H,3-6H2,1-2H3/t11?,12-/m0/s1. The molecule has 1 nitrogen and oxygen atoms in total. The molecule has 0 saturated heterocycles. The van der Waals surface area contributed by atoms with Crippen LogP contribution in [0.3, 0.4) is 0 Å². The lowest BCUT2D eigenvalue weighted by Gasteiger charge is -2.25. The number of benzene rings is 1. The quantitative estimate of drug-likeness (QED) is 0.830. The Hall–Kier alpha value is -0.890. The second kappa shape index (κ2) is 5.63. The van der Waals surface area contributed by atoms with E-state index in [1.165, 1.54) is 37.8 Å². The van der Waals surface area contributed by atoms with Crippen LogP contribution in [0.2, 0.25) is 0 Å². The Morgan fingerprint density at radius 2 is 1.71 bits per heavy atom. The zero-order chi connectivity index (χ0) is 12.3. The zero-order valence-corrected chi connectivity index (χ0v) is 10.7. The van der Waals surface area contributed by atoms with Gasteiger partial charge in [-0.2, -0.15) is 0 Å². The molecule has 0 amide bonds. The molecule has 2 rings (SSSR count). The Kier molecular flexibility index (Phi) is 4.16. The van der Waals surface area contributed by atoms with Gasteiger partial charge in [0, 0.05) is 12.1 Å². The summed E-state index contributed by atoms with van der Waals surface area (Å²) < 4.78 is 12.8. The average Bonchev–Trinajstić information content (AvgIpc) is 2.83. The minimum atomic E-state index is -0.162. The van der Waals surface area contributed by atoms with Gasteiger partial charge in [0.05, 0.1) is 0 Å². The highest BCUT2D eigenvalue weighted by molar-refractivity contribution is 5.19. The van der Waals surface area contributed by atoms with Crippen LogP contribution >= 0.6 is 0 Å². The molecule has 0 aromatic heterocycles. The highest BCUT2D eigenvalue weighted by Crippen LogP contribution is 2.28. The molecule has 1 aliphatic carbocycles. The molecule has 2 heteroatoms. The van der Waals surface area contributed by atoms with Crippen LogP contribution in [0.15, 0.2) is 24.3 Å². The fourth-order valence-corrected chi connectivity index (χ4v) is 2.84. The van der Waals surface area contributed by atoms with Gasteiger partial charge in [-0.15, -0.1) is 0 Å². The average molecular weight is 235 g/mol. The van der Waals surface area contributed by atoms with Crippen molar-refractivity contribution in [3.8, 4) is 0 Å². The molecule has 1 unspecified atom stereocenters. The lowest BCUT2D eigenvalue weighted by Crippen LogP contribution is -2.34. The van der Waals surface area contributed by atoms with Gasteiger partial charge in [0.25, 0.3) is 0 Å². The van der Waals surface area contributed by atoms with Gasteiger partial charge in [-0.1, -0.05) is 25.0 Å². The molecule has 0 spiro atoms. The highest BCUT2D eigenvalue weighted by atomic mass is 19.1. The van der Waals surface area contributed by atoms with Gasteiger partial charge in [0.1, 0.15) is 5.82 Å². The predicted octanol–water partition coefficient (Wildman–Crippen LogP) is 4.06. The fourth-order valence-electron chi connectivity index (χ4n) is 2.84. The topological polar surface area (TPSA) is 12.0 Å². The minimum absolute atomic E-state index is 0.162. The molecule has 1 fully saturated rings. The summed E-state index contributed by atoms with van der Waals surface area (Å²) in [6, 6.07) is 7.66. The number of hydrogen-bond acceptors (Lipinski definition) is 1. The first-order chi connectivity index (χ1) is 8.16. The summed E-state index contributed by atoms with van der Waals surface area (Å²) in [4.78, 5) is 0. The summed E-state index contributed by atoms with van der Waals surface area (Å²) >= 11 is 0. The molecular formula is C15H22FN. The van der Waals surface area contributed by atoms with Crippen molar-refractivity contribution in [2.45, 2.75) is 51.6 Å². The Morgan fingerprint density at radius 3 is 2.29 bits per heavy atom.